The smallest absolute Gasteiger partial charge is 0.416 e. The van der Waals surface area contributed by atoms with Crippen molar-refractivity contribution in [2.45, 2.75) is 32.0 Å². The van der Waals surface area contributed by atoms with Crippen LogP contribution in [0.25, 0.3) is 0 Å². The van der Waals surface area contributed by atoms with E-state index in [9.17, 15) is 22.8 Å². The summed E-state index contributed by atoms with van der Waals surface area (Å²) in [7, 11) is 0. The number of pyridine rings is 1. The lowest BCUT2D eigenvalue weighted by Crippen LogP contribution is -2.36. The highest BCUT2D eigenvalue weighted by Crippen LogP contribution is 2.31. The van der Waals surface area contributed by atoms with Crippen molar-refractivity contribution in [1.82, 2.24) is 10.3 Å². The van der Waals surface area contributed by atoms with E-state index >= 15 is 0 Å². The van der Waals surface area contributed by atoms with Crippen LogP contribution in [0.3, 0.4) is 0 Å². The molecule has 0 radical (unpaired) electrons. The zero-order valence-electron chi connectivity index (χ0n) is 18.4. The molecule has 0 spiro atoms. The Morgan fingerprint density at radius 3 is 2.53 bits per heavy atom. The van der Waals surface area contributed by atoms with Gasteiger partial charge in [0.25, 0.3) is 5.91 Å². The van der Waals surface area contributed by atoms with Crippen molar-refractivity contribution in [3.05, 3.63) is 89.6 Å². The number of hydrogen-bond acceptors (Lipinski definition) is 5. The Kier molecular flexibility index (Phi) is 8.24. The largest absolute Gasteiger partial charge is 0.452 e. The van der Waals surface area contributed by atoms with E-state index in [0.29, 0.717) is 0 Å². The molecule has 0 bridgehead atoms. The second kappa shape index (κ2) is 11.3. The molecule has 2 N–H and O–H groups in total. The van der Waals surface area contributed by atoms with E-state index in [1.807, 2.05) is 37.3 Å². The van der Waals surface area contributed by atoms with Gasteiger partial charge in [0.2, 0.25) is 0 Å². The second-order valence-electron chi connectivity index (χ2n) is 7.67. The van der Waals surface area contributed by atoms with Crippen LogP contribution in [0.4, 0.5) is 24.7 Å². The normalized spacial score (nSPS) is 12.0. The third kappa shape index (κ3) is 7.33. The van der Waals surface area contributed by atoms with Crippen LogP contribution in [0.2, 0.25) is 0 Å². The summed E-state index contributed by atoms with van der Waals surface area (Å²) in [5, 5.41) is 5.48. The number of hydrogen-bond donors (Lipinski definition) is 2. The van der Waals surface area contributed by atoms with Crippen LogP contribution >= 0.6 is 0 Å². The highest BCUT2D eigenvalue weighted by molar-refractivity contribution is 5.96. The summed E-state index contributed by atoms with van der Waals surface area (Å²) in [6, 6.07) is 17.1. The van der Waals surface area contributed by atoms with Gasteiger partial charge in [0.15, 0.2) is 6.61 Å². The van der Waals surface area contributed by atoms with Crippen molar-refractivity contribution in [2.75, 3.05) is 11.9 Å². The maximum absolute atomic E-state index is 13.0. The molecule has 3 aromatic rings. The number of benzene rings is 2. The van der Waals surface area contributed by atoms with Gasteiger partial charge in [-0.2, -0.15) is 13.2 Å². The fourth-order valence-corrected chi connectivity index (χ4v) is 3.20. The molecule has 6 nitrogen and oxygen atoms in total. The predicted octanol–water partition coefficient (Wildman–Crippen LogP) is 5.14. The molecule has 3 rings (SSSR count). The van der Waals surface area contributed by atoms with E-state index in [2.05, 4.69) is 15.6 Å². The average molecular weight is 471 g/mol. The maximum Gasteiger partial charge on any atom is 0.416 e. The van der Waals surface area contributed by atoms with E-state index in [1.165, 1.54) is 30.5 Å². The van der Waals surface area contributed by atoms with Crippen molar-refractivity contribution >= 4 is 23.4 Å². The molecule has 0 aliphatic heterocycles. The lowest BCUT2D eigenvalue weighted by atomic mass is 10.1. The van der Waals surface area contributed by atoms with Gasteiger partial charge in [-0.15, -0.1) is 0 Å². The minimum atomic E-state index is -4.50. The maximum atomic E-state index is 13.0. The molecule has 0 aliphatic rings. The zero-order chi connectivity index (χ0) is 24.6. The molecule has 1 aromatic heterocycles. The van der Waals surface area contributed by atoms with Crippen LogP contribution in [-0.4, -0.2) is 29.5 Å². The number of ether oxygens (including phenoxy) is 1. The molecule has 0 unspecified atom stereocenters. The van der Waals surface area contributed by atoms with Crippen molar-refractivity contribution in [3.63, 3.8) is 0 Å². The van der Waals surface area contributed by atoms with Crippen molar-refractivity contribution in [2.24, 2.45) is 0 Å². The fourth-order valence-electron chi connectivity index (χ4n) is 3.20. The van der Waals surface area contributed by atoms with Gasteiger partial charge >= 0.3 is 12.1 Å². The Balaban J connectivity index is 1.55. The molecular formula is C25H24F3N3O3. The summed E-state index contributed by atoms with van der Waals surface area (Å²) in [4.78, 5) is 28.7. The summed E-state index contributed by atoms with van der Waals surface area (Å²) in [5.74, 6) is -1.26. The van der Waals surface area contributed by atoms with Gasteiger partial charge in [-0.25, -0.2) is 9.78 Å². The number of nitrogens with zero attached hydrogens (tertiary/aromatic N) is 1. The van der Waals surface area contributed by atoms with Gasteiger partial charge in [0.1, 0.15) is 11.4 Å². The first-order valence-corrected chi connectivity index (χ1v) is 10.6. The summed E-state index contributed by atoms with van der Waals surface area (Å²) < 4.78 is 44.0. The zero-order valence-corrected chi connectivity index (χ0v) is 18.4. The highest BCUT2D eigenvalue weighted by Gasteiger charge is 2.30. The van der Waals surface area contributed by atoms with E-state index in [0.717, 1.165) is 30.5 Å². The molecule has 2 aromatic carbocycles. The Morgan fingerprint density at radius 2 is 1.79 bits per heavy atom. The number of esters is 1. The summed E-state index contributed by atoms with van der Waals surface area (Å²) >= 11 is 0. The molecule has 9 heteroatoms. The summed E-state index contributed by atoms with van der Waals surface area (Å²) in [6.45, 7) is 1.37. The molecule has 0 aliphatic carbocycles. The van der Waals surface area contributed by atoms with Crippen LogP contribution in [0.15, 0.2) is 72.9 Å². The van der Waals surface area contributed by atoms with Crippen LogP contribution in [0, 0.1) is 0 Å². The Hall–Kier alpha value is -3.88. The minimum absolute atomic E-state index is 0.00941. The Morgan fingerprint density at radius 1 is 1.03 bits per heavy atom. The number of halogens is 3. The van der Waals surface area contributed by atoms with Crippen molar-refractivity contribution in [3.8, 4) is 0 Å². The molecule has 1 heterocycles. The number of aryl methyl sites for hydroxylation is 1. The number of amides is 1. The monoisotopic (exact) mass is 471 g/mol. The van der Waals surface area contributed by atoms with E-state index in [4.69, 9.17) is 4.74 Å². The lowest BCUT2D eigenvalue weighted by Gasteiger charge is -2.15. The molecule has 1 atom stereocenters. The number of alkyl halides is 3. The molecule has 34 heavy (non-hydrogen) atoms. The van der Waals surface area contributed by atoms with Gasteiger partial charge in [-0.05, 0) is 55.7 Å². The van der Waals surface area contributed by atoms with E-state index in [1.54, 1.807) is 0 Å². The van der Waals surface area contributed by atoms with Gasteiger partial charge in [0, 0.05) is 17.9 Å². The average Bonchev–Trinajstić information content (AvgIpc) is 2.82. The SMILES string of the molecule is C[C@H](CCc1ccccc1)NC(=O)COC(=O)c1cccnc1Nc1cccc(C(F)(F)F)c1. The number of carbonyl (C=O) groups is 2. The van der Waals surface area contributed by atoms with Crippen molar-refractivity contribution < 1.29 is 27.5 Å². The standard InChI is InChI=1S/C25H24F3N3O3/c1-17(12-13-18-7-3-2-4-8-18)30-22(32)16-34-24(33)21-11-6-14-29-23(21)31-20-10-5-9-19(15-20)25(26,27)28/h2-11,14-15,17H,12-13,16H2,1H3,(H,29,31)(H,30,32)/t17-/m1/s1. The van der Waals surface area contributed by atoms with Gasteiger partial charge < -0.3 is 15.4 Å². The number of anilines is 2. The molecule has 0 saturated carbocycles. The van der Waals surface area contributed by atoms with Gasteiger partial charge in [-0.3, -0.25) is 4.79 Å². The Labute approximate surface area is 195 Å². The molecule has 0 saturated heterocycles. The molecular weight excluding hydrogens is 447 g/mol. The third-order valence-electron chi connectivity index (χ3n) is 4.93. The summed E-state index contributed by atoms with van der Waals surface area (Å²) in [6.07, 6.45) is -1.61. The third-order valence-corrected chi connectivity index (χ3v) is 4.93. The second-order valence-corrected chi connectivity index (χ2v) is 7.67. The fraction of sp³-hybridized carbons (Fsp3) is 0.240. The number of nitrogens with one attached hydrogen (secondary N) is 2. The van der Waals surface area contributed by atoms with Crippen molar-refractivity contribution in [1.29, 1.82) is 0 Å². The van der Waals surface area contributed by atoms with Crippen LogP contribution < -0.4 is 10.6 Å². The quantitative estimate of drug-likeness (QED) is 0.423. The van der Waals surface area contributed by atoms with E-state index in [-0.39, 0.29) is 23.1 Å². The first-order valence-electron chi connectivity index (χ1n) is 10.6. The number of carbonyl (C=O) groups excluding carboxylic acids is 2. The minimum Gasteiger partial charge on any atom is -0.452 e. The highest BCUT2D eigenvalue weighted by atomic mass is 19.4. The van der Waals surface area contributed by atoms with Crippen LogP contribution in [0.5, 0.6) is 0 Å². The number of aromatic nitrogens is 1. The number of rotatable bonds is 9. The van der Waals surface area contributed by atoms with E-state index < -0.39 is 30.2 Å². The van der Waals surface area contributed by atoms with Gasteiger partial charge in [-0.1, -0.05) is 36.4 Å². The van der Waals surface area contributed by atoms with Gasteiger partial charge in [0.05, 0.1) is 5.56 Å². The van der Waals surface area contributed by atoms with Crippen LogP contribution in [-0.2, 0) is 22.1 Å². The Bertz CT molecular complexity index is 1120. The predicted molar refractivity (Wildman–Crippen MR) is 122 cm³/mol. The molecule has 1 amide bonds. The first-order chi connectivity index (χ1) is 16.2. The first kappa shape index (κ1) is 24.8. The summed E-state index contributed by atoms with van der Waals surface area (Å²) in [5.41, 5.74) is 0.417. The molecule has 0 fully saturated rings. The van der Waals surface area contributed by atoms with Crippen LogP contribution in [0.1, 0.15) is 34.8 Å². The topological polar surface area (TPSA) is 80.3 Å². The molecule has 178 valence electrons. The lowest BCUT2D eigenvalue weighted by molar-refractivity contribution is -0.137.